The Morgan fingerprint density at radius 3 is 2.62 bits per heavy atom. The van der Waals surface area contributed by atoms with Gasteiger partial charge in [0.05, 0.1) is 13.7 Å². The smallest absolute Gasteiger partial charge is 0.321 e. The highest BCUT2D eigenvalue weighted by molar-refractivity contribution is 5.89. The van der Waals surface area contributed by atoms with E-state index in [-0.39, 0.29) is 11.8 Å². The number of rotatable bonds is 5. The van der Waals surface area contributed by atoms with Gasteiger partial charge in [-0.3, -0.25) is 9.47 Å². The van der Waals surface area contributed by atoms with Crippen LogP contribution in [0.3, 0.4) is 0 Å². The lowest BCUT2D eigenvalue weighted by molar-refractivity contribution is 0.140. The quantitative estimate of drug-likeness (QED) is 0.489. The number of halogens is 1. The zero-order valence-corrected chi connectivity index (χ0v) is 18.8. The van der Waals surface area contributed by atoms with Crippen LogP contribution in [0.5, 0.6) is 5.75 Å². The number of imidazole rings is 1. The van der Waals surface area contributed by atoms with Gasteiger partial charge in [-0.2, -0.15) is 0 Å². The van der Waals surface area contributed by atoms with Crippen LogP contribution >= 0.6 is 0 Å². The number of ether oxygens (including phenoxy) is 1. The maximum absolute atomic E-state index is 13.5. The third kappa shape index (κ3) is 4.55. The van der Waals surface area contributed by atoms with E-state index in [1.165, 1.54) is 12.1 Å². The van der Waals surface area contributed by atoms with Gasteiger partial charge in [-0.1, -0.05) is 6.07 Å². The zero-order valence-electron chi connectivity index (χ0n) is 18.8. The van der Waals surface area contributed by atoms with Crippen molar-refractivity contribution in [1.29, 1.82) is 0 Å². The van der Waals surface area contributed by atoms with Crippen molar-refractivity contribution >= 4 is 22.9 Å². The van der Waals surface area contributed by atoms with E-state index in [0.717, 1.165) is 22.7 Å². The number of carbonyl (C=O) groups excluding carboxylic acids is 1. The molecule has 1 aliphatic rings. The van der Waals surface area contributed by atoms with E-state index in [1.807, 2.05) is 34.9 Å². The highest BCUT2D eigenvalue weighted by Crippen LogP contribution is 2.22. The number of nitrogens with zero attached hydrogens (tertiary/aromatic N) is 5. The molecule has 2 amide bonds. The number of urea groups is 1. The first-order chi connectivity index (χ1) is 16.6. The number of hydrogen-bond acceptors (Lipinski definition) is 5. The molecule has 0 spiro atoms. The monoisotopic (exact) mass is 460 g/mol. The fourth-order valence-electron chi connectivity index (χ4n) is 4.14. The summed E-state index contributed by atoms with van der Waals surface area (Å²) in [5.41, 5.74) is 3.04. The molecule has 1 saturated heterocycles. The zero-order chi connectivity index (χ0) is 23.5. The van der Waals surface area contributed by atoms with Crippen LogP contribution < -0.4 is 10.1 Å². The molecule has 174 valence electrons. The standard InChI is InChI=1S/C25H25FN6O2/c1-34-21-5-2-4-19(16-21)28-25(33)31-14-12-30(13-15-31)17-23-29-22-6-3-11-27-24(22)32(23)20-9-7-18(26)8-10-20/h2-11,16H,12-15,17H2,1H3,(H,28,33). The van der Waals surface area contributed by atoms with Crippen LogP contribution in [0, 0.1) is 5.82 Å². The minimum atomic E-state index is -0.286. The molecule has 0 aliphatic carbocycles. The van der Waals surface area contributed by atoms with Crippen LogP contribution in [0.25, 0.3) is 16.9 Å². The second-order valence-corrected chi connectivity index (χ2v) is 8.11. The number of amides is 2. The highest BCUT2D eigenvalue weighted by atomic mass is 19.1. The number of nitrogens with one attached hydrogen (secondary N) is 1. The van der Waals surface area contributed by atoms with Crippen LogP contribution in [0.15, 0.2) is 66.9 Å². The summed E-state index contributed by atoms with van der Waals surface area (Å²) in [5.74, 6) is 1.24. The van der Waals surface area contributed by atoms with Gasteiger partial charge in [-0.25, -0.2) is 19.2 Å². The summed E-state index contributed by atoms with van der Waals surface area (Å²) in [6.45, 7) is 3.23. The molecule has 8 nitrogen and oxygen atoms in total. The molecule has 1 fully saturated rings. The molecule has 34 heavy (non-hydrogen) atoms. The predicted octanol–water partition coefficient (Wildman–Crippen LogP) is 3.92. The second-order valence-electron chi connectivity index (χ2n) is 8.11. The normalized spacial score (nSPS) is 14.4. The Labute approximate surface area is 196 Å². The Hall–Kier alpha value is -3.98. The van der Waals surface area contributed by atoms with Crippen molar-refractivity contribution in [2.45, 2.75) is 6.54 Å². The number of benzene rings is 2. The van der Waals surface area contributed by atoms with E-state index in [9.17, 15) is 9.18 Å². The summed E-state index contributed by atoms with van der Waals surface area (Å²) in [5, 5.41) is 2.94. The van der Waals surface area contributed by atoms with Crippen molar-refractivity contribution in [3.05, 3.63) is 78.5 Å². The second kappa shape index (κ2) is 9.48. The Balaban J connectivity index is 1.27. The minimum absolute atomic E-state index is 0.129. The van der Waals surface area contributed by atoms with Crippen LogP contribution in [0.2, 0.25) is 0 Å². The molecular weight excluding hydrogens is 435 g/mol. The van der Waals surface area contributed by atoms with Crippen molar-refractivity contribution in [3.63, 3.8) is 0 Å². The van der Waals surface area contributed by atoms with E-state index in [2.05, 4.69) is 15.2 Å². The SMILES string of the molecule is COc1cccc(NC(=O)N2CCN(Cc3nc4cccnc4n3-c3ccc(F)cc3)CC2)c1. The average Bonchev–Trinajstić information content (AvgIpc) is 3.23. The molecule has 1 aliphatic heterocycles. The van der Waals surface area contributed by atoms with Gasteiger partial charge in [0, 0.05) is 49.8 Å². The largest absolute Gasteiger partial charge is 0.497 e. The minimum Gasteiger partial charge on any atom is -0.497 e. The molecule has 2 aromatic carbocycles. The first kappa shape index (κ1) is 21.8. The molecule has 4 aromatic rings. The maximum Gasteiger partial charge on any atom is 0.321 e. The van der Waals surface area contributed by atoms with E-state index in [1.54, 1.807) is 36.4 Å². The topological polar surface area (TPSA) is 75.5 Å². The first-order valence-corrected chi connectivity index (χ1v) is 11.1. The van der Waals surface area contributed by atoms with E-state index >= 15 is 0 Å². The fourth-order valence-corrected chi connectivity index (χ4v) is 4.14. The third-order valence-electron chi connectivity index (χ3n) is 5.92. The molecule has 0 atom stereocenters. The summed E-state index contributed by atoms with van der Waals surface area (Å²) >= 11 is 0. The van der Waals surface area contributed by atoms with Crippen molar-refractivity contribution in [3.8, 4) is 11.4 Å². The van der Waals surface area contributed by atoms with Gasteiger partial charge in [-0.05, 0) is 48.5 Å². The van der Waals surface area contributed by atoms with Gasteiger partial charge in [0.15, 0.2) is 5.65 Å². The molecule has 0 unspecified atom stereocenters. The molecule has 0 saturated carbocycles. The number of aromatic nitrogens is 3. The van der Waals surface area contributed by atoms with Crippen molar-refractivity contribution < 1.29 is 13.9 Å². The number of fused-ring (bicyclic) bond motifs is 1. The number of carbonyl (C=O) groups is 1. The lowest BCUT2D eigenvalue weighted by atomic mass is 10.3. The number of hydrogen-bond donors (Lipinski definition) is 1. The summed E-state index contributed by atoms with van der Waals surface area (Å²) in [6.07, 6.45) is 1.73. The van der Waals surface area contributed by atoms with Gasteiger partial charge >= 0.3 is 6.03 Å². The van der Waals surface area contributed by atoms with Crippen LogP contribution in [0.1, 0.15) is 5.82 Å². The fraction of sp³-hybridized carbons (Fsp3) is 0.240. The van der Waals surface area contributed by atoms with Gasteiger partial charge in [-0.15, -0.1) is 0 Å². The Morgan fingerprint density at radius 1 is 1.06 bits per heavy atom. The van der Waals surface area contributed by atoms with Crippen molar-refractivity contribution in [2.75, 3.05) is 38.6 Å². The Kier molecular flexibility index (Phi) is 6.09. The van der Waals surface area contributed by atoms with E-state index in [0.29, 0.717) is 44.2 Å². The summed E-state index contributed by atoms with van der Waals surface area (Å²) in [7, 11) is 1.60. The molecule has 2 aromatic heterocycles. The Bertz CT molecular complexity index is 1300. The number of pyridine rings is 1. The number of methoxy groups -OCH3 is 1. The summed E-state index contributed by atoms with van der Waals surface area (Å²) in [6, 6.07) is 17.3. The number of piperazine rings is 1. The highest BCUT2D eigenvalue weighted by Gasteiger charge is 2.23. The van der Waals surface area contributed by atoms with Crippen LogP contribution in [-0.2, 0) is 6.54 Å². The number of anilines is 1. The molecular formula is C25H25FN6O2. The first-order valence-electron chi connectivity index (χ1n) is 11.1. The average molecular weight is 461 g/mol. The van der Waals surface area contributed by atoms with Gasteiger partial charge in [0.1, 0.15) is 22.9 Å². The molecule has 3 heterocycles. The van der Waals surface area contributed by atoms with Gasteiger partial charge < -0.3 is 15.0 Å². The van der Waals surface area contributed by atoms with Crippen molar-refractivity contribution in [2.24, 2.45) is 0 Å². The third-order valence-corrected chi connectivity index (χ3v) is 5.92. The van der Waals surface area contributed by atoms with Gasteiger partial charge in [0.2, 0.25) is 0 Å². The Morgan fingerprint density at radius 2 is 1.85 bits per heavy atom. The van der Waals surface area contributed by atoms with E-state index in [4.69, 9.17) is 9.72 Å². The van der Waals surface area contributed by atoms with Crippen molar-refractivity contribution in [1.82, 2.24) is 24.3 Å². The molecule has 5 rings (SSSR count). The predicted molar refractivity (Wildman–Crippen MR) is 128 cm³/mol. The summed E-state index contributed by atoms with van der Waals surface area (Å²) in [4.78, 5) is 26.1. The van der Waals surface area contributed by atoms with Crippen LogP contribution in [0.4, 0.5) is 14.9 Å². The molecule has 1 N–H and O–H groups in total. The van der Waals surface area contributed by atoms with Crippen LogP contribution in [-0.4, -0.2) is 63.7 Å². The lowest BCUT2D eigenvalue weighted by Crippen LogP contribution is -2.49. The summed E-state index contributed by atoms with van der Waals surface area (Å²) < 4.78 is 20.7. The molecule has 0 bridgehead atoms. The van der Waals surface area contributed by atoms with E-state index < -0.39 is 0 Å². The molecule has 9 heteroatoms. The maximum atomic E-state index is 13.5. The lowest BCUT2D eigenvalue weighted by Gasteiger charge is -2.34. The van der Waals surface area contributed by atoms with Gasteiger partial charge in [0.25, 0.3) is 0 Å². The molecule has 0 radical (unpaired) electrons.